The highest BCUT2D eigenvalue weighted by molar-refractivity contribution is 4.86. The topological polar surface area (TPSA) is 18.5 Å². The monoisotopic (exact) mass is 297 g/mol. The summed E-state index contributed by atoms with van der Waals surface area (Å²) in [5, 5.41) is 3.82. The molecule has 1 saturated carbocycles. The van der Waals surface area contributed by atoms with Crippen LogP contribution in [0.5, 0.6) is 0 Å². The van der Waals surface area contributed by atoms with Crippen LogP contribution >= 0.6 is 0 Å². The number of rotatable bonds is 10. The molecule has 3 unspecified atom stereocenters. The Bertz CT molecular complexity index is 255. The smallest absolute Gasteiger partial charge is 0.0108 e. The van der Waals surface area contributed by atoms with Crippen LogP contribution in [0.2, 0.25) is 0 Å². The fourth-order valence-corrected chi connectivity index (χ4v) is 3.69. The van der Waals surface area contributed by atoms with Crippen molar-refractivity contribution >= 4 is 0 Å². The number of likely N-dealkylation sites (N-methyl/N-ethyl adjacent to an activating group) is 2. The molecule has 0 aliphatic heterocycles. The van der Waals surface area contributed by atoms with Gasteiger partial charge in [-0.3, -0.25) is 0 Å². The molecule has 3 nitrogen and oxygen atoms in total. The Morgan fingerprint density at radius 2 is 1.76 bits per heavy atom. The first kappa shape index (κ1) is 18.9. The fraction of sp³-hybridized carbons (Fsp3) is 1.00. The van der Waals surface area contributed by atoms with Crippen molar-refractivity contribution in [3.05, 3.63) is 0 Å². The molecular formula is C18H39N3. The molecular weight excluding hydrogens is 258 g/mol. The summed E-state index contributed by atoms with van der Waals surface area (Å²) in [7, 11) is 6.62. The maximum atomic E-state index is 3.82. The summed E-state index contributed by atoms with van der Waals surface area (Å²) in [6.45, 7) is 9.39. The van der Waals surface area contributed by atoms with Crippen molar-refractivity contribution in [2.75, 3.05) is 47.3 Å². The molecule has 3 atom stereocenters. The third-order valence-electron chi connectivity index (χ3n) is 4.92. The zero-order valence-corrected chi connectivity index (χ0v) is 15.2. The first-order chi connectivity index (χ1) is 10.1. The third-order valence-corrected chi connectivity index (χ3v) is 4.92. The SMILES string of the molecule is CCCNC1CCC(CCC)CC1CN(C)CCN(C)C. The third kappa shape index (κ3) is 7.62. The van der Waals surface area contributed by atoms with Crippen molar-refractivity contribution in [2.24, 2.45) is 11.8 Å². The van der Waals surface area contributed by atoms with Crippen LogP contribution in [-0.4, -0.2) is 63.2 Å². The van der Waals surface area contributed by atoms with E-state index >= 15 is 0 Å². The second-order valence-electron chi connectivity index (χ2n) is 7.35. The molecule has 1 aliphatic rings. The van der Waals surface area contributed by atoms with Crippen LogP contribution < -0.4 is 5.32 Å². The molecule has 0 radical (unpaired) electrons. The van der Waals surface area contributed by atoms with Gasteiger partial charge in [0.1, 0.15) is 0 Å². The lowest BCUT2D eigenvalue weighted by atomic mass is 9.76. The molecule has 21 heavy (non-hydrogen) atoms. The minimum Gasteiger partial charge on any atom is -0.314 e. The van der Waals surface area contributed by atoms with Crippen LogP contribution in [0.1, 0.15) is 52.4 Å². The molecule has 1 N–H and O–H groups in total. The van der Waals surface area contributed by atoms with Gasteiger partial charge in [-0.1, -0.05) is 26.7 Å². The summed E-state index contributed by atoms with van der Waals surface area (Å²) in [4.78, 5) is 4.82. The first-order valence-electron chi connectivity index (χ1n) is 9.13. The van der Waals surface area contributed by atoms with Gasteiger partial charge in [0.25, 0.3) is 0 Å². The Labute approximate surface area is 133 Å². The van der Waals surface area contributed by atoms with E-state index in [9.17, 15) is 0 Å². The van der Waals surface area contributed by atoms with Gasteiger partial charge in [-0.05, 0) is 65.2 Å². The second-order valence-corrected chi connectivity index (χ2v) is 7.35. The molecule has 1 rings (SSSR count). The van der Waals surface area contributed by atoms with E-state index in [1.807, 2.05) is 0 Å². The van der Waals surface area contributed by atoms with Crippen LogP contribution in [0.4, 0.5) is 0 Å². The maximum Gasteiger partial charge on any atom is 0.0108 e. The Morgan fingerprint density at radius 1 is 1.00 bits per heavy atom. The van der Waals surface area contributed by atoms with Gasteiger partial charge >= 0.3 is 0 Å². The molecule has 0 aromatic rings. The highest BCUT2D eigenvalue weighted by atomic mass is 15.2. The lowest BCUT2D eigenvalue weighted by Crippen LogP contribution is -2.46. The van der Waals surface area contributed by atoms with Gasteiger partial charge in [0.05, 0.1) is 0 Å². The predicted molar refractivity (Wildman–Crippen MR) is 93.9 cm³/mol. The minimum absolute atomic E-state index is 0.750. The molecule has 0 aromatic carbocycles. The Morgan fingerprint density at radius 3 is 2.38 bits per heavy atom. The summed E-state index contributed by atoms with van der Waals surface area (Å²) in [5.74, 6) is 1.82. The summed E-state index contributed by atoms with van der Waals surface area (Å²) >= 11 is 0. The first-order valence-corrected chi connectivity index (χ1v) is 9.13. The van der Waals surface area contributed by atoms with Crippen LogP contribution in [-0.2, 0) is 0 Å². The minimum atomic E-state index is 0.750. The highest BCUT2D eigenvalue weighted by Gasteiger charge is 2.30. The highest BCUT2D eigenvalue weighted by Crippen LogP contribution is 2.32. The van der Waals surface area contributed by atoms with Crippen molar-refractivity contribution < 1.29 is 0 Å². The Hall–Kier alpha value is -0.120. The average Bonchev–Trinajstić information content (AvgIpc) is 2.44. The molecule has 0 heterocycles. The summed E-state index contributed by atoms with van der Waals surface area (Å²) in [5.41, 5.74) is 0. The molecule has 0 amide bonds. The molecule has 1 aliphatic carbocycles. The van der Waals surface area contributed by atoms with Crippen LogP contribution in [0, 0.1) is 11.8 Å². The zero-order chi connectivity index (χ0) is 15.7. The van der Waals surface area contributed by atoms with Gasteiger partial charge in [-0.15, -0.1) is 0 Å². The van der Waals surface area contributed by atoms with Crippen molar-refractivity contribution in [1.29, 1.82) is 0 Å². The van der Waals surface area contributed by atoms with E-state index in [0.717, 1.165) is 24.4 Å². The van der Waals surface area contributed by atoms with Crippen molar-refractivity contribution in [3.8, 4) is 0 Å². The van der Waals surface area contributed by atoms with Gasteiger partial charge < -0.3 is 15.1 Å². The lowest BCUT2D eigenvalue weighted by Gasteiger charge is -2.39. The van der Waals surface area contributed by atoms with Crippen LogP contribution in [0.3, 0.4) is 0 Å². The summed E-state index contributed by atoms with van der Waals surface area (Å²) in [6, 6.07) is 0.750. The average molecular weight is 298 g/mol. The predicted octanol–water partition coefficient (Wildman–Crippen LogP) is 3.06. The van der Waals surface area contributed by atoms with E-state index in [4.69, 9.17) is 0 Å². The Kier molecular flexibility index (Phi) is 9.54. The van der Waals surface area contributed by atoms with Crippen LogP contribution in [0.15, 0.2) is 0 Å². The van der Waals surface area contributed by atoms with Crippen molar-refractivity contribution in [3.63, 3.8) is 0 Å². The van der Waals surface area contributed by atoms with Gasteiger partial charge in [0.15, 0.2) is 0 Å². The van der Waals surface area contributed by atoms with E-state index in [1.54, 1.807) is 0 Å². The van der Waals surface area contributed by atoms with Crippen molar-refractivity contribution in [2.45, 2.75) is 58.4 Å². The van der Waals surface area contributed by atoms with Gasteiger partial charge in [0, 0.05) is 25.7 Å². The van der Waals surface area contributed by atoms with Gasteiger partial charge in [0.2, 0.25) is 0 Å². The maximum absolute atomic E-state index is 3.82. The Balaban J connectivity index is 2.47. The molecule has 0 spiro atoms. The largest absolute Gasteiger partial charge is 0.314 e. The number of nitrogens with zero attached hydrogens (tertiary/aromatic N) is 2. The fourth-order valence-electron chi connectivity index (χ4n) is 3.69. The number of hydrogen-bond acceptors (Lipinski definition) is 3. The molecule has 126 valence electrons. The molecule has 0 aromatic heterocycles. The number of nitrogens with one attached hydrogen (secondary N) is 1. The van der Waals surface area contributed by atoms with E-state index in [0.29, 0.717) is 0 Å². The molecule has 1 fully saturated rings. The molecule has 0 saturated heterocycles. The number of hydrogen-bond donors (Lipinski definition) is 1. The zero-order valence-electron chi connectivity index (χ0n) is 15.2. The van der Waals surface area contributed by atoms with Crippen LogP contribution in [0.25, 0.3) is 0 Å². The van der Waals surface area contributed by atoms with Gasteiger partial charge in [-0.25, -0.2) is 0 Å². The second kappa shape index (κ2) is 10.6. The van der Waals surface area contributed by atoms with E-state index in [1.165, 1.54) is 58.2 Å². The standard InChI is InChI=1S/C18H39N3/c1-6-8-16-9-10-18(19-11-7-2)17(14-16)15-21(5)13-12-20(3)4/h16-19H,6-15H2,1-5H3. The van der Waals surface area contributed by atoms with Crippen molar-refractivity contribution in [1.82, 2.24) is 15.1 Å². The van der Waals surface area contributed by atoms with E-state index in [2.05, 4.69) is 50.1 Å². The lowest BCUT2D eigenvalue weighted by molar-refractivity contribution is 0.145. The van der Waals surface area contributed by atoms with Gasteiger partial charge in [-0.2, -0.15) is 0 Å². The quantitative estimate of drug-likeness (QED) is 0.668. The summed E-state index contributed by atoms with van der Waals surface area (Å²) in [6.07, 6.45) is 8.28. The molecule has 0 bridgehead atoms. The van der Waals surface area contributed by atoms with E-state index < -0.39 is 0 Å². The summed E-state index contributed by atoms with van der Waals surface area (Å²) < 4.78 is 0. The van der Waals surface area contributed by atoms with E-state index in [-0.39, 0.29) is 0 Å². The normalized spacial score (nSPS) is 26.7. The molecule has 3 heteroatoms.